The van der Waals surface area contributed by atoms with Gasteiger partial charge in [0.05, 0.1) is 19.3 Å². The van der Waals surface area contributed by atoms with Crippen LogP contribution in [0, 0.1) is 6.92 Å². The molecule has 1 aromatic carbocycles. The highest BCUT2D eigenvalue weighted by atomic mass is 32.1. The van der Waals surface area contributed by atoms with Crippen LogP contribution in [0.15, 0.2) is 30.9 Å². The first-order valence-corrected chi connectivity index (χ1v) is 9.11. The van der Waals surface area contributed by atoms with Gasteiger partial charge in [-0.3, -0.25) is 15.6 Å². The van der Waals surface area contributed by atoms with E-state index in [9.17, 15) is 9.59 Å². The number of thiocarbonyl (C=S) groups is 1. The minimum absolute atomic E-state index is 0.00879. The fourth-order valence-corrected chi connectivity index (χ4v) is 2.91. The van der Waals surface area contributed by atoms with Gasteiger partial charge in [0, 0.05) is 23.1 Å². The van der Waals surface area contributed by atoms with E-state index < -0.39 is 5.97 Å². The van der Waals surface area contributed by atoms with Crippen molar-refractivity contribution in [2.45, 2.75) is 20.4 Å². The summed E-state index contributed by atoms with van der Waals surface area (Å²) in [5, 5.41) is 3.79. The topological polar surface area (TPSA) is 93.6 Å². The number of amides is 1. The van der Waals surface area contributed by atoms with Gasteiger partial charge in [-0.05, 0) is 44.3 Å². The smallest absolute Gasteiger partial charge is 0.340 e. The minimum Gasteiger partial charge on any atom is -0.497 e. The molecule has 2 rings (SSSR count). The molecule has 0 aliphatic carbocycles. The number of methoxy groups -OCH3 is 1. The van der Waals surface area contributed by atoms with Gasteiger partial charge in [-0.25, -0.2) is 4.79 Å². The average Bonchev–Trinajstić information content (AvgIpc) is 2.95. The van der Waals surface area contributed by atoms with Gasteiger partial charge in [0.1, 0.15) is 12.3 Å². The Bertz CT molecular complexity index is 907. The number of hydrazine groups is 1. The van der Waals surface area contributed by atoms with Crippen LogP contribution in [-0.4, -0.2) is 41.8 Å². The standard InChI is InChI=1S/C19H24N4O4S/c1-5-9-20-19(28)22-21-16(24)11-23-12(3)17(18(25)27-6-2)14-10-13(26-4)7-8-15(14)23/h5,7-8,10H,1,6,9,11H2,2-4H3,(H,21,24)(H2,20,22,28). The molecule has 150 valence electrons. The highest BCUT2D eigenvalue weighted by Crippen LogP contribution is 2.30. The largest absolute Gasteiger partial charge is 0.497 e. The summed E-state index contributed by atoms with van der Waals surface area (Å²) in [5.41, 5.74) is 6.92. The zero-order valence-electron chi connectivity index (χ0n) is 16.1. The molecule has 0 atom stereocenters. The second-order valence-corrected chi connectivity index (χ2v) is 6.23. The third-order valence-electron chi connectivity index (χ3n) is 4.03. The number of benzene rings is 1. The van der Waals surface area contributed by atoms with Gasteiger partial charge in [-0.15, -0.1) is 6.58 Å². The molecule has 8 nitrogen and oxygen atoms in total. The molecule has 28 heavy (non-hydrogen) atoms. The first kappa shape index (κ1) is 21.2. The fraction of sp³-hybridized carbons (Fsp3) is 0.316. The Kier molecular flexibility index (Phi) is 7.39. The number of hydrogen-bond acceptors (Lipinski definition) is 5. The fourth-order valence-electron chi connectivity index (χ4n) is 2.77. The average molecular weight is 404 g/mol. The molecule has 0 saturated carbocycles. The Morgan fingerprint density at radius 3 is 2.71 bits per heavy atom. The number of rotatable bonds is 7. The van der Waals surface area contributed by atoms with Crippen LogP contribution in [0.2, 0.25) is 0 Å². The van der Waals surface area contributed by atoms with Crippen LogP contribution in [0.4, 0.5) is 0 Å². The number of esters is 1. The Morgan fingerprint density at radius 1 is 1.32 bits per heavy atom. The third-order valence-corrected chi connectivity index (χ3v) is 4.28. The summed E-state index contributed by atoms with van der Waals surface area (Å²) in [7, 11) is 1.55. The number of fused-ring (bicyclic) bond motifs is 1. The van der Waals surface area contributed by atoms with E-state index in [-0.39, 0.29) is 24.2 Å². The molecule has 0 aliphatic rings. The van der Waals surface area contributed by atoms with E-state index in [4.69, 9.17) is 21.7 Å². The van der Waals surface area contributed by atoms with E-state index in [1.165, 1.54) is 0 Å². The Hall–Kier alpha value is -3.07. The summed E-state index contributed by atoms with van der Waals surface area (Å²) >= 11 is 5.03. The van der Waals surface area contributed by atoms with Gasteiger partial charge in [-0.2, -0.15) is 0 Å². The summed E-state index contributed by atoms with van der Waals surface area (Å²) in [4.78, 5) is 24.8. The summed E-state index contributed by atoms with van der Waals surface area (Å²) in [6, 6.07) is 5.34. The molecule has 0 unspecified atom stereocenters. The van der Waals surface area contributed by atoms with Crippen molar-refractivity contribution in [2.24, 2.45) is 0 Å². The van der Waals surface area contributed by atoms with Crippen molar-refractivity contribution in [1.82, 2.24) is 20.7 Å². The molecule has 0 fully saturated rings. The molecule has 1 heterocycles. The Balaban J connectivity index is 2.29. The van der Waals surface area contributed by atoms with Gasteiger partial charge in [0.25, 0.3) is 5.91 Å². The number of carbonyl (C=O) groups excluding carboxylic acids is 2. The molecule has 0 spiro atoms. The predicted octanol–water partition coefficient (Wildman–Crippen LogP) is 1.82. The number of nitrogens with zero attached hydrogens (tertiary/aromatic N) is 1. The van der Waals surface area contributed by atoms with E-state index in [1.54, 1.807) is 49.8 Å². The number of nitrogens with one attached hydrogen (secondary N) is 3. The van der Waals surface area contributed by atoms with Crippen LogP contribution in [0.3, 0.4) is 0 Å². The summed E-state index contributed by atoms with van der Waals surface area (Å²) in [6.45, 7) is 7.83. The van der Waals surface area contributed by atoms with Gasteiger partial charge in [0.15, 0.2) is 5.11 Å². The lowest BCUT2D eigenvalue weighted by Crippen LogP contribution is -2.47. The molecule has 1 aromatic heterocycles. The van der Waals surface area contributed by atoms with Crippen LogP contribution in [0.5, 0.6) is 5.75 Å². The normalized spacial score (nSPS) is 10.2. The molecule has 1 amide bonds. The molecule has 0 bridgehead atoms. The van der Waals surface area contributed by atoms with Crippen molar-refractivity contribution < 1.29 is 19.1 Å². The van der Waals surface area contributed by atoms with Crippen molar-refractivity contribution in [3.05, 3.63) is 42.1 Å². The highest BCUT2D eigenvalue weighted by Gasteiger charge is 2.22. The van der Waals surface area contributed by atoms with Gasteiger partial charge < -0.3 is 19.4 Å². The van der Waals surface area contributed by atoms with Crippen LogP contribution in [0.25, 0.3) is 10.9 Å². The minimum atomic E-state index is -0.440. The maximum Gasteiger partial charge on any atom is 0.340 e. The first-order valence-electron chi connectivity index (χ1n) is 8.70. The first-order chi connectivity index (χ1) is 13.4. The van der Waals surface area contributed by atoms with Crippen molar-refractivity contribution in [2.75, 3.05) is 20.3 Å². The summed E-state index contributed by atoms with van der Waals surface area (Å²) in [6.07, 6.45) is 1.65. The van der Waals surface area contributed by atoms with Crippen molar-refractivity contribution >= 4 is 40.1 Å². The van der Waals surface area contributed by atoms with E-state index in [0.717, 1.165) is 5.52 Å². The second-order valence-electron chi connectivity index (χ2n) is 5.82. The SMILES string of the molecule is C=CCNC(=S)NNC(=O)Cn1c(C)c(C(=O)OCC)c2cc(OC)ccc21. The molecular weight excluding hydrogens is 380 g/mol. The van der Waals surface area contributed by atoms with Crippen LogP contribution in [0.1, 0.15) is 23.0 Å². The van der Waals surface area contributed by atoms with Crippen LogP contribution in [-0.2, 0) is 16.1 Å². The van der Waals surface area contributed by atoms with Crippen molar-refractivity contribution in [1.29, 1.82) is 0 Å². The lowest BCUT2D eigenvalue weighted by atomic mass is 10.1. The second kappa shape index (κ2) is 9.75. The molecule has 0 aliphatic heterocycles. The van der Waals surface area contributed by atoms with E-state index in [2.05, 4.69) is 22.7 Å². The number of ether oxygens (including phenoxy) is 2. The van der Waals surface area contributed by atoms with Gasteiger partial charge in [0.2, 0.25) is 0 Å². The van der Waals surface area contributed by atoms with E-state index in [0.29, 0.717) is 28.9 Å². The molecule has 0 radical (unpaired) electrons. The lowest BCUT2D eigenvalue weighted by molar-refractivity contribution is -0.122. The van der Waals surface area contributed by atoms with Crippen molar-refractivity contribution in [3.8, 4) is 5.75 Å². The van der Waals surface area contributed by atoms with Gasteiger partial charge in [-0.1, -0.05) is 6.08 Å². The maximum absolute atomic E-state index is 12.5. The van der Waals surface area contributed by atoms with Crippen LogP contribution >= 0.6 is 12.2 Å². The number of aromatic nitrogens is 1. The zero-order valence-corrected chi connectivity index (χ0v) is 16.9. The molecule has 9 heteroatoms. The molecule has 0 saturated heterocycles. The van der Waals surface area contributed by atoms with Crippen molar-refractivity contribution in [3.63, 3.8) is 0 Å². The third kappa shape index (κ3) is 4.80. The van der Waals surface area contributed by atoms with E-state index >= 15 is 0 Å². The van der Waals surface area contributed by atoms with E-state index in [1.807, 2.05) is 0 Å². The number of carbonyl (C=O) groups is 2. The molecule has 3 N–H and O–H groups in total. The summed E-state index contributed by atoms with van der Waals surface area (Å²) < 4.78 is 12.2. The highest BCUT2D eigenvalue weighted by molar-refractivity contribution is 7.80. The molecular formula is C19H24N4O4S. The molecule has 2 aromatic rings. The monoisotopic (exact) mass is 404 g/mol. The lowest BCUT2D eigenvalue weighted by Gasteiger charge is -2.12. The zero-order chi connectivity index (χ0) is 20.7. The number of hydrogen-bond donors (Lipinski definition) is 3. The predicted molar refractivity (Wildman–Crippen MR) is 111 cm³/mol. The summed E-state index contributed by atoms with van der Waals surface area (Å²) in [5.74, 6) is -0.153. The van der Waals surface area contributed by atoms with Gasteiger partial charge >= 0.3 is 5.97 Å². The van der Waals surface area contributed by atoms with Crippen LogP contribution < -0.4 is 20.9 Å². The Morgan fingerprint density at radius 2 is 2.07 bits per heavy atom. The maximum atomic E-state index is 12.5. The Labute approximate surface area is 168 Å². The quantitative estimate of drug-likeness (QED) is 0.280.